The Balaban J connectivity index is 1.54. The number of rotatable bonds is 12. The van der Waals surface area contributed by atoms with E-state index in [9.17, 15) is 28.0 Å². The van der Waals surface area contributed by atoms with Crippen LogP contribution in [0.4, 0.5) is 19.4 Å². The number of likely N-dealkylation sites (tertiary alicyclic amines) is 1. The molecule has 0 saturated carbocycles. The highest BCUT2D eigenvalue weighted by atomic mass is 19.2. The van der Waals surface area contributed by atoms with E-state index in [-0.39, 0.29) is 30.5 Å². The van der Waals surface area contributed by atoms with E-state index in [1.807, 2.05) is 30.3 Å². The van der Waals surface area contributed by atoms with E-state index in [2.05, 4.69) is 27.9 Å². The Kier molecular flexibility index (Phi) is 12.3. The lowest BCUT2D eigenvalue weighted by molar-refractivity contribution is -0.135. The molecule has 4 amide bonds. The minimum absolute atomic E-state index is 0.0381. The Hall–Kier alpha value is -4.85. The Morgan fingerprint density at radius 3 is 2.30 bits per heavy atom. The number of amides is 4. The van der Waals surface area contributed by atoms with Crippen LogP contribution in [-0.4, -0.2) is 75.1 Å². The SMILES string of the molecule is CC1CCN(C(=O)C(c2ccc(F)c(F)c2)n2cnc(NC(=O)C(COCc3ccccc3)NC(=O)C(C)(C)NC(=O)OC(C)(C)C)c2)CC1. The first-order valence-corrected chi connectivity index (χ1v) is 16.5. The molecule has 2 aromatic carbocycles. The minimum atomic E-state index is -1.48. The highest BCUT2D eigenvalue weighted by Crippen LogP contribution is 2.27. The van der Waals surface area contributed by atoms with Crippen molar-refractivity contribution in [1.29, 1.82) is 0 Å². The summed E-state index contributed by atoms with van der Waals surface area (Å²) in [5.41, 5.74) is -1.22. The lowest BCUT2D eigenvalue weighted by Crippen LogP contribution is -2.59. The zero-order valence-corrected chi connectivity index (χ0v) is 29.3. The first-order valence-electron chi connectivity index (χ1n) is 16.5. The molecule has 3 N–H and O–H groups in total. The van der Waals surface area contributed by atoms with E-state index in [1.54, 1.807) is 25.7 Å². The summed E-state index contributed by atoms with van der Waals surface area (Å²) in [5.74, 6) is -3.34. The van der Waals surface area contributed by atoms with E-state index in [1.165, 1.54) is 37.0 Å². The normalized spacial score (nSPS) is 15.2. The van der Waals surface area contributed by atoms with Crippen molar-refractivity contribution in [2.24, 2.45) is 5.92 Å². The standard InChI is InChI=1S/C36H46F2N6O6/c1-23-14-16-43(17-15-23)32(46)30(25-12-13-26(37)27(38)18-25)44-19-29(39-22-44)41-31(45)28(21-49-20-24-10-8-7-9-11-24)40-33(47)36(5,6)42-34(48)50-35(2,3)4/h7-13,18-19,22-23,28,30H,14-17,20-21H2,1-6H3,(H,40,47)(H,41,45)(H,42,48). The molecule has 1 aromatic heterocycles. The van der Waals surface area contributed by atoms with Crippen LogP contribution in [0, 0.1) is 17.6 Å². The van der Waals surface area contributed by atoms with Crippen molar-refractivity contribution >= 4 is 29.6 Å². The van der Waals surface area contributed by atoms with Gasteiger partial charge < -0.3 is 34.9 Å². The molecule has 12 nitrogen and oxygen atoms in total. The molecule has 1 fully saturated rings. The van der Waals surface area contributed by atoms with Crippen molar-refractivity contribution in [3.63, 3.8) is 0 Å². The Morgan fingerprint density at radius 2 is 1.66 bits per heavy atom. The fourth-order valence-corrected chi connectivity index (χ4v) is 5.29. The summed E-state index contributed by atoms with van der Waals surface area (Å²) in [4.78, 5) is 59.2. The summed E-state index contributed by atoms with van der Waals surface area (Å²) in [6, 6.07) is 10.2. The van der Waals surface area contributed by atoms with Crippen LogP contribution in [0.15, 0.2) is 61.1 Å². The van der Waals surface area contributed by atoms with E-state index >= 15 is 0 Å². The molecule has 50 heavy (non-hydrogen) atoms. The monoisotopic (exact) mass is 696 g/mol. The molecular weight excluding hydrogens is 650 g/mol. The Bertz CT molecular complexity index is 1650. The minimum Gasteiger partial charge on any atom is -0.444 e. The summed E-state index contributed by atoms with van der Waals surface area (Å²) < 4.78 is 40.7. The maximum Gasteiger partial charge on any atom is 0.408 e. The van der Waals surface area contributed by atoms with Gasteiger partial charge in [-0.05, 0) is 76.6 Å². The van der Waals surface area contributed by atoms with Crippen molar-refractivity contribution in [2.45, 2.75) is 84.2 Å². The first-order chi connectivity index (χ1) is 23.5. The third-order valence-corrected chi connectivity index (χ3v) is 8.14. The van der Waals surface area contributed by atoms with Crippen LogP contribution >= 0.6 is 0 Å². The molecule has 0 aliphatic carbocycles. The molecule has 270 valence electrons. The summed E-state index contributed by atoms with van der Waals surface area (Å²) in [7, 11) is 0. The van der Waals surface area contributed by atoms with Crippen LogP contribution in [0.25, 0.3) is 0 Å². The van der Waals surface area contributed by atoms with Crippen molar-refractivity contribution in [3.8, 4) is 0 Å². The predicted octanol–water partition coefficient (Wildman–Crippen LogP) is 4.95. The topological polar surface area (TPSA) is 144 Å². The van der Waals surface area contributed by atoms with Crippen LogP contribution < -0.4 is 16.0 Å². The number of aromatic nitrogens is 2. The number of ether oxygens (including phenoxy) is 2. The van der Waals surface area contributed by atoms with E-state index in [0.29, 0.717) is 19.0 Å². The fraction of sp³-hybridized carbons (Fsp3) is 0.472. The van der Waals surface area contributed by atoms with Gasteiger partial charge in [0.2, 0.25) is 11.8 Å². The van der Waals surface area contributed by atoms with Crippen LogP contribution in [0.2, 0.25) is 0 Å². The molecule has 1 aliphatic heterocycles. The van der Waals surface area contributed by atoms with Crippen LogP contribution in [0.1, 0.15) is 71.6 Å². The van der Waals surface area contributed by atoms with Gasteiger partial charge in [-0.3, -0.25) is 14.4 Å². The van der Waals surface area contributed by atoms with Crippen LogP contribution in [0.5, 0.6) is 0 Å². The number of benzene rings is 2. The third-order valence-electron chi connectivity index (χ3n) is 8.14. The maximum atomic E-state index is 14.4. The molecular formula is C36H46F2N6O6. The third kappa shape index (κ3) is 10.6. The van der Waals surface area contributed by atoms with Crippen LogP contribution in [-0.2, 0) is 30.5 Å². The van der Waals surface area contributed by atoms with Gasteiger partial charge >= 0.3 is 6.09 Å². The van der Waals surface area contributed by atoms with Gasteiger partial charge in [-0.25, -0.2) is 18.6 Å². The van der Waals surface area contributed by atoms with Gasteiger partial charge in [0.15, 0.2) is 17.5 Å². The molecule has 1 saturated heterocycles. The van der Waals surface area contributed by atoms with E-state index < -0.39 is 52.8 Å². The van der Waals surface area contributed by atoms with Gasteiger partial charge in [0, 0.05) is 19.3 Å². The van der Waals surface area contributed by atoms with Gasteiger partial charge in [0.25, 0.3) is 5.91 Å². The van der Waals surface area contributed by atoms with Crippen molar-refractivity contribution in [2.75, 3.05) is 25.0 Å². The summed E-state index contributed by atoms with van der Waals surface area (Å²) in [6.07, 6.45) is 3.54. The number of hydrogen-bond donors (Lipinski definition) is 3. The molecule has 2 heterocycles. The Morgan fingerprint density at radius 1 is 0.980 bits per heavy atom. The van der Waals surface area contributed by atoms with E-state index in [0.717, 1.165) is 30.5 Å². The quantitative estimate of drug-likeness (QED) is 0.243. The second kappa shape index (κ2) is 16.2. The Labute approximate surface area is 290 Å². The van der Waals surface area contributed by atoms with Gasteiger partial charge in [0.05, 0.1) is 19.5 Å². The number of nitrogens with zero attached hydrogens (tertiary/aromatic N) is 3. The molecule has 2 unspecified atom stereocenters. The van der Waals surface area contributed by atoms with Crippen molar-refractivity contribution < 1.29 is 37.4 Å². The lowest BCUT2D eigenvalue weighted by Gasteiger charge is -2.33. The number of piperidine rings is 1. The molecule has 1 aliphatic rings. The summed E-state index contributed by atoms with van der Waals surface area (Å²) in [5, 5.41) is 7.82. The average Bonchev–Trinajstić information content (AvgIpc) is 3.49. The van der Waals surface area contributed by atoms with Crippen LogP contribution in [0.3, 0.4) is 0 Å². The summed E-state index contributed by atoms with van der Waals surface area (Å²) >= 11 is 0. The van der Waals surface area contributed by atoms with E-state index in [4.69, 9.17) is 9.47 Å². The molecule has 14 heteroatoms. The number of hydrogen-bond acceptors (Lipinski definition) is 7. The zero-order valence-electron chi connectivity index (χ0n) is 29.3. The molecule has 3 aromatic rings. The second-order valence-electron chi connectivity index (χ2n) is 14.1. The average molecular weight is 697 g/mol. The van der Waals surface area contributed by atoms with Crippen molar-refractivity contribution in [3.05, 3.63) is 83.8 Å². The maximum absolute atomic E-state index is 14.4. The zero-order chi connectivity index (χ0) is 36.6. The number of carbonyl (C=O) groups is 4. The first kappa shape index (κ1) is 38.0. The molecule has 0 radical (unpaired) electrons. The van der Waals surface area contributed by atoms with Gasteiger partial charge in [0.1, 0.15) is 23.2 Å². The molecule has 2 atom stereocenters. The van der Waals surface area contributed by atoms with Gasteiger partial charge in [-0.2, -0.15) is 0 Å². The number of alkyl carbamates (subject to hydrolysis) is 1. The second-order valence-corrected chi connectivity index (χ2v) is 14.1. The smallest absolute Gasteiger partial charge is 0.408 e. The molecule has 0 spiro atoms. The molecule has 0 bridgehead atoms. The number of nitrogens with one attached hydrogen (secondary N) is 3. The molecule has 4 rings (SSSR count). The number of halogens is 2. The highest BCUT2D eigenvalue weighted by molar-refractivity contribution is 5.98. The number of imidazole rings is 1. The largest absolute Gasteiger partial charge is 0.444 e. The predicted molar refractivity (Wildman–Crippen MR) is 182 cm³/mol. The fourth-order valence-electron chi connectivity index (χ4n) is 5.29. The number of carbonyl (C=O) groups excluding carboxylic acids is 4. The van der Waals surface area contributed by atoms with Gasteiger partial charge in [-0.1, -0.05) is 43.3 Å². The van der Waals surface area contributed by atoms with Crippen molar-refractivity contribution in [1.82, 2.24) is 25.1 Å². The lowest BCUT2D eigenvalue weighted by atomic mass is 9.97. The number of anilines is 1. The summed E-state index contributed by atoms with van der Waals surface area (Å²) in [6.45, 7) is 11.1. The highest BCUT2D eigenvalue weighted by Gasteiger charge is 2.35. The van der Waals surface area contributed by atoms with Gasteiger partial charge in [-0.15, -0.1) is 0 Å².